The van der Waals surface area contributed by atoms with Crippen molar-refractivity contribution in [1.82, 2.24) is 0 Å². The molecule has 88 valence electrons. The topological polar surface area (TPSA) is 113 Å². The molecule has 0 saturated carbocycles. The molecule has 0 spiro atoms. The average Bonchev–Trinajstić information content (AvgIpc) is 2.20. The molecule has 2 N–H and O–H groups in total. The summed E-state index contributed by atoms with van der Waals surface area (Å²) in [6.07, 6.45) is 1.55. The van der Waals surface area contributed by atoms with Gasteiger partial charge >= 0.3 is 11.9 Å². The Hall–Kier alpha value is -2.18. The number of hydrogen-bond donors (Lipinski definition) is 1. The number of Topliss-reactive ketones (excluding diaryl/α,β-unsaturated/α-hetero) is 1. The summed E-state index contributed by atoms with van der Waals surface area (Å²) in [5, 5.41) is 0. The van der Waals surface area contributed by atoms with Gasteiger partial charge in [-0.3, -0.25) is 9.59 Å². The van der Waals surface area contributed by atoms with Crippen LogP contribution in [0.15, 0.2) is 12.2 Å². The van der Waals surface area contributed by atoms with Crippen LogP contribution in [0.25, 0.3) is 0 Å². The fourth-order valence-electron chi connectivity index (χ4n) is 0.547. The van der Waals surface area contributed by atoms with Gasteiger partial charge < -0.3 is 15.2 Å². The Bertz CT molecular complexity index is 301. The number of rotatable bonds is 6. The van der Waals surface area contributed by atoms with E-state index in [0.29, 0.717) is 0 Å². The number of amides is 1. The van der Waals surface area contributed by atoms with E-state index < -0.39 is 24.5 Å². The number of hydrogen-bond acceptors (Lipinski definition) is 6. The molecular formula is C9H11NO6. The van der Waals surface area contributed by atoms with Gasteiger partial charge in [0.1, 0.15) is 6.61 Å². The summed E-state index contributed by atoms with van der Waals surface area (Å²) < 4.78 is 8.71. The van der Waals surface area contributed by atoms with Crippen molar-refractivity contribution < 1.29 is 28.7 Å². The quantitative estimate of drug-likeness (QED) is 0.447. The molecule has 0 radical (unpaired) electrons. The molecule has 0 aliphatic rings. The maximum Gasteiger partial charge on any atom is 0.331 e. The molecule has 0 rings (SSSR count). The minimum Gasteiger partial charge on any atom is -0.455 e. The van der Waals surface area contributed by atoms with Crippen LogP contribution >= 0.6 is 0 Å². The number of carbonyl (C=O) groups is 4. The standard InChI is InChI=1S/C9H11NO6/c1-6(11)4-15-8(13)2-3-9(14)16-5-7(10)12/h2-3H,4-5H2,1H3,(H2,10,12)/b3-2+. The van der Waals surface area contributed by atoms with Gasteiger partial charge in [-0.1, -0.05) is 0 Å². The lowest BCUT2D eigenvalue weighted by atomic mass is 10.4. The largest absolute Gasteiger partial charge is 0.455 e. The highest BCUT2D eigenvalue weighted by molar-refractivity contribution is 5.93. The Morgan fingerprint density at radius 2 is 1.44 bits per heavy atom. The zero-order chi connectivity index (χ0) is 12.6. The zero-order valence-electron chi connectivity index (χ0n) is 8.60. The Balaban J connectivity index is 3.88. The van der Waals surface area contributed by atoms with Gasteiger partial charge in [-0.05, 0) is 6.92 Å². The number of ether oxygens (including phenoxy) is 2. The predicted octanol–water partition coefficient (Wildman–Crippen LogP) is -1.30. The van der Waals surface area contributed by atoms with Crippen molar-refractivity contribution in [3.63, 3.8) is 0 Å². The summed E-state index contributed by atoms with van der Waals surface area (Å²) >= 11 is 0. The monoisotopic (exact) mass is 229 g/mol. The lowest BCUT2D eigenvalue weighted by Gasteiger charge is -1.98. The zero-order valence-corrected chi connectivity index (χ0v) is 8.60. The average molecular weight is 229 g/mol. The summed E-state index contributed by atoms with van der Waals surface area (Å²) in [7, 11) is 0. The van der Waals surface area contributed by atoms with Gasteiger partial charge in [-0.15, -0.1) is 0 Å². The van der Waals surface area contributed by atoms with Crippen molar-refractivity contribution in [2.45, 2.75) is 6.92 Å². The van der Waals surface area contributed by atoms with Crippen molar-refractivity contribution in [3.8, 4) is 0 Å². The van der Waals surface area contributed by atoms with Crippen molar-refractivity contribution >= 4 is 23.6 Å². The third kappa shape index (κ3) is 8.42. The molecule has 0 aliphatic carbocycles. The molecule has 0 aliphatic heterocycles. The van der Waals surface area contributed by atoms with Crippen LogP contribution in [0.2, 0.25) is 0 Å². The summed E-state index contributed by atoms with van der Waals surface area (Å²) in [6.45, 7) is 0.323. The second-order valence-corrected chi connectivity index (χ2v) is 2.72. The lowest BCUT2D eigenvalue weighted by molar-refractivity contribution is -0.144. The van der Waals surface area contributed by atoms with E-state index in [2.05, 4.69) is 9.47 Å². The third-order valence-electron chi connectivity index (χ3n) is 1.13. The van der Waals surface area contributed by atoms with E-state index in [9.17, 15) is 19.2 Å². The first-order chi connectivity index (χ1) is 7.41. The van der Waals surface area contributed by atoms with E-state index in [1.165, 1.54) is 6.92 Å². The maximum absolute atomic E-state index is 10.8. The number of carbonyl (C=O) groups excluding carboxylic acids is 4. The number of primary amides is 1. The van der Waals surface area contributed by atoms with Crippen LogP contribution in [0.1, 0.15) is 6.92 Å². The van der Waals surface area contributed by atoms with Crippen LogP contribution in [-0.4, -0.2) is 36.8 Å². The smallest absolute Gasteiger partial charge is 0.331 e. The van der Waals surface area contributed by atoms with Crippen LogP contribution in [0.3, 0.4) is 0 Å². The molecule has 1 amide bonds. The Kier molecular flexibility index (Phi) is 6.18. The maximum atomic E-state index is 10.8. The van der Waals surface area contributed by atoms with Gasteiger partial charge in [-0.25, -0.2) is 9.59 Å². The highest BCUT2D eigenvalue weighted by Gasteiger charge is 2.03. The molecule has 0 saturated heterocycles. The first kappa shape index (κ1) is 13.8. The number of esters is 2. The van der Waals surface area contributed by atoms with Gasteiger partial charge in [0.15, 0.2) is 12.4 Å². The van der Waals surface area contributed by atoms with Crippen LogP contribution in [0.5, 0.6) is 0 Å². The highest BCUT2D eigenvalue weighted by atomic mass is 16.5. The molecule has 0 aromatic rings. The van der Waals surface area contributed by atoms with Gasteiger partial charge in [0.05, 0.1) is 0 Å². The van der Waals surface area contributed by atoms with Gasteiger partial charge in [0.25, 0.3) is 5.91 Å². The summed E-state index contributed by atoms with van der Waals surface area (Å²) in [4.78, 5) is 42.3. The SMILES string of the molecule is CC(=O)COC(=O)/C=C/C(=O)OCC(N)=O. The molecular weight excluding hydrogens is 218 g/mol. The van der Waals surface area contributed by atoms with Crippen molar-refractivity contribution in [2.24, 2.45) is 5.73 Å². The van der Waals surface area contributed by atoms with Gasteiger partial charge in [0, 0.05) is 12.2 Å². The predicted molar refractivity (Wildman–Crippen MR) is 50.9 cm³/mol. The number of ketones is 1. The minimum atomic E-state index is -0.904. The number of nitrogens with two attached hydrogens (primary N) is 1. The van der Waals surface area contributed by atoms with Crippen LogP contribution in [0.4, 0.5) is 0 Å². The molecule has 0 heterocycles. The first-order valence-corrected chi connectivity index (χ1v) is 4.21. The van der Waals surface area contributed by atoms with Crippen molar-refractivity contribution in [3.05, 3.63) is 12.2 Å². The first-order valence-electron chi connectivity index (χ1n) is 4.21. The summed E-state index contributed by atoms with van der Waals surface area (Å²) in [5.74, 6) is -2.89. The van der Waals surface area contributed by atoms with Crippen LogP contribution in [0, 0.1) is 0 Å². The molecule has 0 unspecified atom stereocenters. The Morgan fingerprint density at radius 1 is 1.00 bits per heavy atom. The Labute approximate surface area is 91.2 Å². The lowest BCUT2D eigenvalue weighted by Crippen LogP contribution is -2.20. The summed E-state index contributed by atoms with van der Waals surface area (Å²) in [5.41, 5.74) is 4.71. The molecule has 7 nitrogen and oxygen atoms in total. The molecule has 0 aromatic heterocycles. The third-order valence-corrected chi connectivity index (χ3v) is 1.13. The van der Waals surface area contributed by atoms with Crippen molar-refractivity contribution in [2.75, 3.05) is 13.2 Å². The van der Waals surface area contributed by atoms with E-state index in [1.807, 2.05) is 0 Å². The van der Waals surface area contributed by atoms with E-state index >= 15 is 0 Å². The van der Waals surface area contributed by atoms with Crippen LogP contribution < -0.4 is 5.73 Å². The normalized spacial score (nSPS) is 9.81. The van der Waals surface area contributed by atoms with Gasteiger partial charge in [-0.2, -0.15) is 0 Å². The molecule has 16 heavy (non-hydrogen) atoms. The minimum absolute atomic E-state index is 0.321. The second-order valence-electron chi connectivity index (χ2n) is 2.72. The van der Waals surface area contributed by atoms with Crippen LogP contribution in [-0.2, 0) is 28.7 Å². The molecule has 0 aromatic carbocycles. The summed E-state index contributed by atoms with van der Waals surface area (Å²) in [6, 6.07) is 0. The van der Waals surface area contributed by atoms with E-state index in [4.69, 9.17) is 5.73 Å². The van der Waals surface area contributed by atoms with E-state index in [1.54, 1.807) is 0 Å². The second kappa shape index (κ2) is 7.16. The fraction of sp³-hybridized carbons (Fsp3) is 0.333. The molecule has 0 bridgehead atoms. The molecule has 7 heteroatoms. The van der Waals surface area contributed by atoms with Gasteiger partial charge in [0.2, 0.25) is 0 Å². The molecule has 0 fully saturated rings. The van der Waals surface area contributed by atoms with E-state index in [-0.39, 0.29) is 12.4 Å². The van der Waals surface area contributed by atoms with E-state index in [0.717, 1.165) is 12.2 Å². The molecule has 0 atom stereocenters. The Morgan fingerprint density at radius 3 is 1.81 bits per heavy atom. The highest BCUT2D eigenvalue weighted by Crippen LogP contribution is 1.86. The van der Waals surface area contributed by atoms with Crippen molar-refractivity contribution in [1.29, 1.82) is 0 Å². The fourth-order valence-corrected chi connectivity index (χ4v) is 0.547.